The van der Waals surface area contributed by atoms with Gasteiger partial charge in [-0.3, -0.25) is 0 Å². The molecule has 1 heterocycles. The molecule has 1 aromatic heterocycles. The fourth-order valence-corrected chi connectivity index (χ4v) is 2.13. The fourth-order valence-electron chi connectivity index (χ4n) is 1.33. The molecule has 0 fully saturated rings. The van der Waals surface area contributed by atoms with Crippen LogP contribution in [0.4, 0.5) is 5.69 Å². The third-order valence-electron chi connectivity index (χ3n) is 1.97. The first-order valence-electron chi connectivity index (χ1n) is 4.45. The number of nitrogens with one attached hydrogen (secondary N) is 1. The molecule has 0 aliphatic heterocycles. The summed E-state index contributed by atoms with van der Waals surface area (Å²) in [5.74, 6) is 0. The van der Waals surface area contributed by atoms with Crippen molar-refractivity contribution in [3.8, 4) is 0 Å². The van der Waals surface area contributed by atoms with E-state index in [1.165, 1.54) is 16.1 Å². The molecule has 13 heavy (non-hydrogen) atoms. The van der Waals surface area contributed by atoms with Gasteiger partial charge >= 0.3 is 0 Å². The van der Waals surface area contributed by atoms with Gasteiger partial charge in [0.1, 0.15) is 0 Å². The van der Waals surface area contributed by atoms with Gasteiger partial charge < -0.3 is 10.1 Å². The number of rotatable bonds is 4. The van der Waals surface area contributed by atoms with Crippen LogP contribution in [-0.2, 0) is 4.74 Å². The van der Waals surface area contributed by atoms with Crippen molar-refractivity contribution in [1.29, 1.82) is 0 Å². The van der Waals surface area contributed by atoms with Crippen molar-refractivity contribution in [3.05, 3.63) is 15.8 Å². The topological polar surface area (TPSA) is 21.3 Å². The van der Waals surface area contributed by atoms with Gasteiger partial charge in [0.15, 0.2) is 0 Å². The minimum Gasteiger partial charge on any atom is -0.383 e. The Kier molecular flexibility index (Phi) is 3.75. The summed E-state index contributed by atoms with van der Waals surface area (Å²) in [5.41, 5.74) is 2.60. The van der Waals surface area contributed by atoms with Crippen LogP contribution >= 0.6 is 11.3 Å². The van der Waals surface area contributed by atoms with Crippen molar-refractivity contribution in [2.45, 2.75) is 26.8 Å². The van der Waals surface area contributed by atoms with Crippen LogP contribution in [0.15, 0.2) is 5.38 Å². The Morgan fingerprint density at radius 2 is 2.23 bits per heavy atom. The van der Waals surface area contributed by atoms with Crippen molar-refractivity contribution in [1.82, 2.24) is 0 Å². The summed E-state index contributed by atoms with van der Waals surface area (Å²) in [5, 5.41) is 5.62. The highest BCUT2D eigenvalue weighted by atomic mass is 32.1. The Balaban J connectivity index is 2.62. The first-order valence-corrected chi connectivity index (χ1v) is 5.33. The molecule has 74 valence electrons. The number of hydrogen-bond donors (Lipinski definition) is 1. The molecule has 2 nitrogen and oxygen atoms in total. The summed E-state index contributed by atoms with van der Waals surface area (Å²) in [4.78, 5) is 1.35. The number of hydrogen-bond acceptors (Lipinski definition) is 3. The number of methoxy groups -OCH3 is 1. The maximum absolute atomic E-state index is 5.07. The number of thiophene rings is 1. The van der Waals surface area contributed by atoms with Gasteiger partial charge in [-0.1, -0.05) is 0 Å². The van der Waals surface area contributed by atoms with Gasteiger partial charge in [-0.15, -0.1) is 11.3 Å². The monoisotopic (exact) mass is 199 g/mol. The second-order valence-corrected chi connectivity index (χ2v) is 4.43. The predicted octanol–water partition coefficient (Wildman–Crippen LogP) is 2.81. The van der Waals surface area contributed by atoms with Crippen molar-refractivity contribution in [2.75, 3.05) is 19.0 Å². The summed E-state index contributed by atoms with van der Waals surface area (Å²) in [6, 6.07) is 0.372. The molecule has 1 aromatic rings. The van der Waals surface area contributed by atoms with Gasteiger partial charge in [0.2, 0.25) is 0 Å². The van der Waals surface area contributed by atoms with Crippen LogP contribution < -0.4 is 5.32 Å². The highest BCUT2D eigenvalue weighted by molar-refractivity contribution is 7.10. The van der Waals surface area contributed by atoms with E-state index < -0.39 is 0 Å². The van der Waals surface area contributed by atoms with Crippen LogP contribution in [0.2, 0.25) is 0 Å². The zero-order chi connectivity index (χ0) is 9.84. The lowest BCUT2D eigenvalue weighted by Crippen LogP contribution is -2.21. The van der Waals surface area contributed by atoms with E-state index in [2.05, 4.69) is 31.5 Å². The van der Waals surface area contributed by atoms with Gasteiger partial charge in [0, 0.05) is 18.0 Å². The van der Waals surface area contributed by atoms with E-state index in [0.29, 0.717) is 6.04 Å². The van der Waals surface area contributed by atoms with Crippen molar-refractivity contribution in [2.24, 2.45) is 0 Å². The summed E-state index contributed by atoms with van der Waals surface area (Å²) < 4.78 is 5.07. The molecule has 0 saturated heterocycles. The molecule has 1 atom stereocenters. The normalized spacial score (nSPS) is 12.9. The van der Waals surface area contributed by atoms with Crippen LogP contribution in [0, 0.1) is 13.8 Å². The molecule has 0 aliphatic carbocycles. The Morgan fingerprint density at radius 1 is 1.54 bits per heavy atom. The molecule has 0 radical (unpaired) electrons. The standard InChI is InChI=1S/C10H17NOS/c1-7-6-13-9(3)10(7)11-8(2)5-12-4/h6,8,11H,5H2,1-4H3/t8-/m0/s1. The summed E-state index contributed by atoms with van der Waals surface area (Å²) >= 11 is 1.79. The Morgan fingerprint density at radius 3 is 2.69 bits per heavy atom. The van der Waals surface area contributed by atoms with Gasteiger partial charge in [-0.05, 0) is 31.7 Å². The lowest BCUT2D eigenvalue weighted by Gasteiger charge is -2.14. The quantitative estimate of drug-likeness (QED) is 0.805. The van der Waals surface area contributed by atoms with E-state index in [1.807, 2.05) is 0 Å². The van der Waals surface area contributed by atoms with E-state index in [-0.39, 0.29) is 0 Å². The van der Waals surface area contributed by atoms with E-state index in [4.69, 9.17) is 4.74 Å². The average molecular weight is 199 g/mol. The summed E-state index contributed by atoms with van der Waals surface area (Å²) in [6.07, 6.45) is 0. The first kappa shape index (κ1) is 10.5. The van der Waals surface area contributed by atoms with E-state index in [9.17, 15) is 0 Å². The van der Waals surface area contributed by atoms with Gasteiger partial charge in [-0.25, -0.2) is 0 Å². The van der Waals surface area contributed by atoms with Crippen molar-refractivity contribution < 1.29 is 4.74 Å². The molecule has 0 spiro atoms. The molecule has 1 N–H and O–H groups in total. The van der Waals surface area contributed by atoms with Gasteiger partial charge in [0.25, 0.3) is 0 Å². The van der Waals surface area contributed by atoms with E-state index in [1.54, 1.807) is 18.4 Å². The highest BCUT2D eigenvalue weighted by Crippen LogP contribution is 2.26. The maximum atomic E-state index is 5.07. The molecule has 0 amide bonds. The third-order valence-corrected chi connectivity index (χ3v) is 3.00. The number of aryl methyl sites for hydroxylation is 2. The zero-order valence-corrected chi connectivity index (χ0v) is 9.49. The molecular formula is C10H17NOS. The van der Waals surface area contributed by atoms with E-state index in [0.717, 1.165) is 6.61 Å². The highest BCUT2D eigenvalue weighted by Gasteiger charge is 2.07. The van der Waals surface area contributed by atoms with Crippen molar-refractivity contribution in [3.63, 3.8) is 0 Å². The van der Waals surface area contributed by atoms with Gasteiger partial charge in [0.05, 0.1) is 12.3 Å². The molecule has 0 unspecified atom stereocenters. The smallest absolute Gasteiger partial charge is 0.0661 e. The molecule has 0 saturated carbocycles. The molecular weight excluding hydrogens is 182 g/mol. The predicted molar refractivity (Wildman–Crippen MR) is 58.8 cm³/mol. The third kappa shape index (κ3) is 2.71. The number of ether oxygens (including phenoxy) is 1. The Hall–Kier alpha value is -0.540. The summed E-state index contributed by atoms with van der Waals surface area (Å²) in [6.45, 7) is 7.14. The van der Waals surface area contributed by atoms with Crippen LogP contribution in [0.25, 0.3) is 0 Å². The summed E-state index contributed by atoms with van der Waals surface area (Å²) in [7, 11) is 1.73. The lowest BCUT2D eigenvalue weighted by molar-refractivity contribution is 0.190. The van der Waals surface area contributed by atoms with Crippen LogP contribution in [0.3, 0.4) is 0 Å². The second kappa shape index (κ2) is 4.63. The van der Waals surface area contributed by atoms with Crippen molar-refractivity contribution >= 4 is 17.0 Å². The zero-order valence-electron chi connectivity index (χ0n) is 8.68. The molecule has 0 bridgehead atoms. The van der Waals surface area contributed by atoms with E-state index >= 15 is 0 Å². The minimum atomic E-state index is 0.372. The maximum Gasteiger partial charge on any atom is 0.0661 e. The van der Waals surface area contributed by atoms with Crippen LogP contribution in [-0.4, -0.2) is 19.8 Å². The lowest BCUT2D eigenvalue weighted by atomic mass is 10.2. The van der Waals surface area contributed by atoms with Crippen LogP contribution in [0.1, 0.15) is 17.4 Å². The molecule has 0 aromatic carbocycles. The molecule has 3 heteroatoms. The molecule has 1 rings (SSSR count). The van der Waals surface area contributed by atoms with Crippen LogP contribution in [0.5, 0.6) is 0 Å². The van der Waals surface area contributed by atoms with Gasteiger partial charge in [-0.2, -0.15) is 0 Å². The Bertz CT molecular complexity index is 250. The Labute approximate surface area is 83.9 Å². The average Bonchev–Trinajstić information content (AvgIpc) is 2.36. The minimum absolute atomic E-state index is 0.372. The largest absolute Gasteiger partial charge is 0.383 e. The second-order valence-electron chi connectivity index (χ2n) is 3.35. The first-order chi connectivity index (χ1) is 6.15. The molecule has 0 aliphatic rings. The fraction of sp³-hybridized carbons (Fsp3) is 0.600. The SMILES string of the molecule is COC[C@H](C)Nc1c(C)csc1C. The number of anilines is 1.